The molecule has 4 heteroatoms. The molecular formula is C22H29N3O. The molecule has 26 heavy (non-hydrogen) atoms. The smallest absolute Gasteiger partial charge is 0.254 e. The third kappa shape index (κ3) is 3.55. The predicted octanol–water partition coefficient (Wildman–Crippen LogP) is 4.16. The van der Waals surface area contributed by atoms with Crippen molar-refractivity contribution in [3.05, 3.63) is 53.1 Å². The molecule has 1 atom stereocenters. The number of aryl methyl sites for hydroxylation is 4. The fourth-order valence-electron chi connectivity index (χ4n) is 4.53. The van der Waals surface area contributed by atoms with Crippen LogP contribution < -0.4 is 0 Å². The van der Waals surface area contributed by atoms with Crippen LogP contribution in [0.3, 0.4) is 0 Å². The lowest BCUT2D eigenvalue weighted by molar-refractivity contribution is 0.0595. The molecule has 1 aromatic carbocycles. The Balaban J connectivity index is 1.48. The maximum absolute atomic E-state index is 13.2. The number of aromatic nitrogens is 2. The Labute approximate surface area is 156 Å². The van der Waals surface area contributed by atoms with Crippen molar-refractivity contribution in [3.8, 4) is 0 Å². The summed E-state index contributed by atoms with van der Waals surface area (Å²) in [4.78, 5) is 19.7. The fraction of sp³-hybridized carbons (Fsp3) is 0.545. The minimum atomic E-state index is 0.227. The van der Waals surface area contributed by atoms with Crippen LogP contribution in [-0.2, 0) is 19.4 Å². The molecule has 1 aliphatic carbocycles. The van der Waals surface area contributed by atoms with Crippen LogP contribution in [0, 0.1) is 6.92 Å². The molecule has 0 unspecified atom stereocenters. The maximum atomic E-state index is 13.2. The largest absolute Gasteiger partial charge is 0.336 e. The Bertz CT molecular complexity index is 779. The van der Waals surface area contributed by atoms with Crippen molar-refractivity contribution in [2.45, 2.75) is 70.9 Å². The molecule has 2 aliphatic rings. The minimum Gasteiger partial charge on any atom is -0.336 e. The zero-order chi connectivity index (χ0) is 17.9. The zero-order valence-electron chi connectivity index (χ0n) is 15.8. The number of rotatable bonds is 4. The van der Waals surface area contributed by atoms with Gasteiger partial charge >= 0.3 is 0 Å². The number of imidazole rings is 1. The number of likely N-dealkylation sites (tertiary alicyclic amines) is 1. The van der Waals surface area contributed by atoms with E-state index < -0.39 is 0 Å². The first-order valence-electron chi connectivity index (χ1n) is 10.1. The molecule has 1 aromatic heterocycles. The Morgan fingerprint density at radius 1 is 1.15 bits per heavy atom. The lowest BCUT2D eigenvalue weighted by atomic mass is 9.90. The van der Waals surface area contributed by atoms with Crippen LogP contribution >= 0.6 is 0 Å². The number of carbonyl (C=O) groups excluding carboxylic acids is 1. The Morgan fingerprint density at radius 2 is 2.00 bits per heavy atom. The minimum absolute atomic E-state index is 0.227. The van der Waals surface area contributed by atoms with Gasteiger partial charge in [-0.3, -0.25) is 4.79 Å². The second-order valence-corrected chi connectivity index (χ2v) is 7.80. The zero-order valence-corrected chi connectivity index (χ0v) is 15.8. The standard InChI is InChI=1S/C22H29N3O/c1-17-23-12-15-24(17)14-11-21-8-4-5-13-25(21)22(26)20-10-9-18-6-2-3-7-19(18)16-20/h9-10,12,15-16,21H,2-8,11,13-14H2,1H3/t21-/m1/s1. The summed E-state index contributed by atoms with van der Waals surface area (Å²) in [6, 6.07) is 6.75. The summed E-state index contributed by atoms with van der Waals surface area (Å²) in [7, 11) is 0. The third-order valence-corrected chi connectivity index (χ3v) is 6.11. The molecule has 4 nitrogen and oxygen atoms in total. The van der Waals surface area contributed by atoms with E-state index in [1.807, 2.05) is 19.3 Å². The first-order chi connectivity index (χ1) is 12.7. The second kappa shape index (κ2) is 7.65. The van der Waals surface area contributed by atoms with E-state index in [4.69, 9.17) is 0 Å². The van der Waals surface area contributed by atoms with E-state index in [1.54, 1.807) is 0 Å². The molecule has 0 bridgehead atoms. The van der Waals surface area contributed by atoms with Crippen molar-refractivity contribution in [1.82, 2.24) is 14.5 Å². The van der Waals surface area contributed by atoms with Gasteiger partial charge < -0.3 is 9.47 Å². The summed E-state index contributed by atoms with van der Waals surface area (Å²) in [5.41, 5.74) is 3.72. The molecule has 0 N–H and O–H groups in total. The van der Waals surface area contributed by atoms with Crippen molar-refractivity contribution in [3.63, 3.8) is 0 Å². The molecule has 2 aromatic rings. The third-order valence-electron chi connectivity index (χ3n) is 6.11. The SMILES string of the molecule is Cc1nccn1CC[C@H]1CCCCN1C(=O)c1ccc2c(c1)CCCC2. The van der Waals surface area contributed by atoms with E-state index in [-0.39, 0.29) is 5.91 Å². The second-order valence-electron chi connectivity index (χ2n) is 7.80. The number of nitrogens with zero attached hydrogens (tertiary/aromatic N) is 3. The number of carbonyl (C=O) groups is 1. The molecule has 1 saturated heterocycles. The van der Waals surface area contributed by atoms with E-state index in [9.17, 15) is 4.79 Å². The number of hydrogen-bond donors (Lipinski definition) is 0. The van der Waals surface area contributed by atoms with Crippen LogP contribution in [0.25, 0.3) is 0 Å². The summed E-state index contributed by atoms with van der Waals surface area (Å²) in [5.74, 6) is 1.28. The van der Waals surface area contributed by atoms with Crippen LogP contribution in [0.2, 0.25) is 0 Å². The first kappa shape index (κ1) is 17.3. The van der Waals surface area contributed by atoms with Gasteiger partial charge in [0.15, 0.2) is 0 Å². The number of fused-ring (bicyclic) bond motifs is 1. The highest BCUT2D eigenvalue weighted by Gasteiger charge is 2.28. The highest BCUT2D eigenvalue weighted by Crippen LogP contribution is 2.26. The van der Waals surface area contributed by atoms with Crippen molar-refractivity contribution < 1.29 is 4.79 Å². The Hall–Kier alpha value is -2.10. The summed E-state index contributed by atoms with van der Waals surface area (Å²) < 4.78 is 2.19. The van der Waals surface area contributed by atoms with E-state index in [0.717, 1.165) is 50.2 Å². The summed E-state index contributed by atoms with van der Waals surface area (Å²) in [6.45, 7) is 3.87. The van der Waals surface area contributed by atoms with E-state index >= 15 is 0 Å². The molecule has 0 radical (unpaired) electrons. The summed E-state index contributed by atoms with van der Waals surface area (Å²) in [6.07, 6.45) is 13.2. The van der Waals surface area contributed by atoms with Gasteiger partial charge in [-0.05, 0) is 81.5 Å². The number of hydrogen-bond acceptors (Lipinski definition) is 2. The predicted molar refractivity (Wildman–Crippen MR) is 103 cm³/mol. The van der Waals surface area contributed by atoms with Crippen LogP contribution in [-0.4, -0.2) is 32.9 Å². The number of amides is 1. The topological polar surface area (TPSA) is 38.1 Å². The van der Waals surface area contributed by atoms with Gasteiger partial charge in [-0.1, -0.05) is 6.07 Å². The highest BCUT2D eigenvalue weighted by atomic mass is 16.2. The van der Waals surface area contributed by atoms with Crippen LogP contribution in [0.1, 0.15) is 65.8 Å². The average Bonchev–Trinajstić information content (AvgIpc) is 3.10. The number of piperidine rings is 1. The normalized spacial score (nSPS) is 20.0. The van der Waals surface area contributed by atoms with E-state index in [1.165, 1.54) is 36.8 Å². The molecule has 0 saturated carbocycles. The van der Waals surface area contributed by atoms with Crippen molar-refractivity contribution in [1.29, 1.82) is 0 Å². The molecule has 2 heterocycles. The van der Waals surface area contributed by atoms with Gasteiger partial charge in [0.25, 0.3) is 5.91 Å². The maximum Gasteiger partial charge on any atom is 0.254 e. The molecule has 1 aliphatic heterocycles. The first-order valence-corrected chi connectivity index (χ1v) is 10.1. The van der Waals surface area contributed by atoms with E-state index in [2.05, 4.69) is 32.7 Å². The van der Waals surface area contributed by atoms with Crippen molar-refractivity contribution >= 4 is 5.91 Å². The monoisotopic (exact) mass is 351 g/mol. The van der Waals surface area contributed by atoms with Crippen LogP contribution in [0.4, 0.5) is 0 Å². The van der Waals surface area contributed by atoms with Gasteiger partial charge in [0.2, 0.25) is 0 Å². The molecule has 4 rings (SSSR count). The average molecular weight is 351 g/mol. The van der Waals surface area contributed by atoms with Gasteiger partial charge in [-0.25, -0.2) is 4.98 Å². The molecule has 1 fully saturated rings. The quantitative estimate of drug-likeness (QED) is 0.830. The van der Waals surface area contributed by atoms with Crippen LogP contribution in [0.5, 0.6) is 0 Å². The lowest BCUT2D eigenvalue weighted by Crippen LogP contribution is -2.44. The Kier molecular flexibility index (Phi) is 5.09. The fourth-order valence-corrected chi connectivity index (χ4v) is 4.53. The van der Waals surface area contributed by atoms with E-state index in [0.29, 0.717) is 6.04 Å². The van der Waals surface area contributed by atoms with Crippen LogP contribution in [0.15, 0.2) is 30.6 Å². The van der Waals surface area contributed by atoms with Gasteiger partial charge in [0.05, 0.1) is 0 Å². The summed E-state index contributed by atoms with van der Waals surface area (Å²) in [5, 5.41) is 0. The van der Waals surface area contributed by atoms with Gasteiger partial charge in [0, 0.05) is 37.1 Å². The molecular weight excluding hydrogens is 322 g/mol. The van der Waals surface area contributed by atoms with Gasteiger partial charge in [0.1, 0.15) is 5.82 Å². The molecule has 0 spiro atoms. The van der Waals surface area contributed by atoms with Crippen molar-refractivity contribution in [2.24, 2.45) is 0 Å². The molecule has 138 valence electrons. The number of benzene rings is 1. The highest BCUT2D eigenvalue weighted by molar-refractivity contribution is 5.94. The summed E-state index contributed by atoms with van der Waals surface area (Å²) >= 11 is 0. The van der Waals surface area contributed by atoms with Gasteiger partial charge in [-0.2, -0.15) is 0 Å². The van der Waals surface area contributed by atoms with Crippen molar-refractivity contribution in [2.75, 3.05) is 6.54 Å². The molecule has 1 amide bonds. The lowest BCUT2D eigenvalue weighted by Gasteiger charge is -2.36. The Morgan fingerprint density at radius 3 is 2.81 bits per heavy atom. The van der Waals surface area contributed by atoms with Gasteiger partial charge in [-0.15, -0.1) is 0 Å².